The van der Waals surface area contributed by atoms with Gasteiger partial charge in [-0.2, -0.15) is 0 Å². The summed E-state index contributed by atoms with van der Waals surface area (Å²) >= 11 is 7.46. The highest BCUT2D eigenvalue weighted by atomic mass is 32.2. The molecule has 0 aliphatic heterocycles. The fourth-order valence-electron chi connectivity index (χ4n) is 4.44. The van der Waals surface area contributed by atoms with Crippen molar-refractivity contribution in [2.75, 3.05) is 6.61 Å². The summed E-state index contributed by atoms with van der Waals surface area (Å²) < 4.78 is 18.3. The van der Waals surface area contributed by atoms with Crippen molar-refractivity contribution >= 4 is 37.0 Å². The molecule has 0 fully saturated rings. The average Bonchev–Trinajstić information content (AvgIpc) is 2.78. The van der Waals surface area contributed by atoms with Crippen molar-refractivity contribution in [1.29, 1.82) is 0 Å². The van der Waals surface area contributed by atoms with Crippen LogP contribution in [0.5, 0.6) is 0 Å². The first-order chi connectivity index (χ1) is 13.8. The minimum atomic E-state index is -0.383. The Morgan fingerprint density at radius 1 is 0.759 bits per heavy atom. The van der Waals surface area contributed by atoms with Crippen LogP contribution in [-0.2, 0) is 12.5 Å². The van der Waals surface area contributed by atoms with E-state index in [1.54, 1.807) is 12.0 Å². The lowest BCUT2D eigenvalue weighted by Crippen LogP contribution is -2.55. The summed E-state index contributed by atoms with van der Waals surface area (Å²) in [5, 5.41) is 0. The standard InChI is InChI=1S/C23H46O3S3/c1-10-19-24-28-23(17-8,18-9)21(13-4,14-5)26-29-22(15-6,16-7)20(11-2,12-3)25-27/h17,27H,8,10-16,18-19H2,1-7,9H3. The molecular formula is C23H46O3S3. The van der Waals surface area contributed by atoms with Crippen LogP contribution in [0.3, 0.4) is 0 Å². The van der Waals surface area contributed by atoms with E-state index < -0.39 is 0 Å². The van der Waals surface area contributed by atoms with Gasteiger partial charge in [-0.05, 0) is 64.3 Å². The third-order valence-electron chi connectivity index (χ3n) is 6.91. The maximum absolute atomic E-state index is 6.90. The van der Waals surface area contributed by atoms with Gasteiger partial charge >= 0.3 is 0 Å². The van der Waals surface area contributed by atoms with E-state index >= 15 is 0 Å². The zero-order chi connectivity index (χ0) is 22.6. The number of hydrogen-bond donors (Lipinski definition) is 1. The Balaban J connectivity index is 6.09. The SMILES string of the molecule is C=CC(CC)(SOCCC)C(CC)(CC)OSC(CC)(CC)C(CC)(CC)OS. The molecule has 174 valence electrons. The van der Waals surface area contributed by atoms with Gasteiger partial charge in [0.1, 0.15) is 5.60 Å². The maximum atomic E-state index is 6.90. The summed E-state index contributed by atoms with van der Waals surface area (Å²) in [6.45, 7) is 22.5. The fraction of sp³-hybridized carbons (Fsp3) is 0.913. The Labute approximate surface area is 195 Å². The molecule has 1 atom stereocenters. The third kappa shape index (κ3) is 5.92. The quantitative estimate of drug-likeness (QED) is 0.0944. The van der Waals surface area contributed by atoms with Gasteiger partial charge in [0, 0.05) is 24.1 Å². The predicted molar refractivity (Wildman–Crippen MR) is 136 cm³/mol. The highest BCUT2D eigenvalue weighted by Crippen LogP contribution is 2.55. The van der Waals surface area contributed by atoms with E-state index in [0.717, 1.165) is 58.0 Å². The van der Waals surface area contributed by atoms with Crippen LogP contribution >= 0.6 is 37.0 Å². The maximum Gasteiger partial charge on any atom is 0.103 e. The molecule has 0 saturated carbocycles. The molecule has 0 amide bonds. The lowest BCUT2D eigenvalue weighted by molar-refractivity contribution is 0.0168. The lowest BCUT2D eigenvalue weighted by atomic mass is 9.78. The van der Waals surface area contributed by atoms with Gasteiger partial charge in [-0.3, -0.25) is 0 Å². The van der Waals surface area contributed by atoms with Gasteiger partial charge in [-0.25, -0.2) is 0 Å². The van der Waals surface area contributed by atoms with E-state index in [1.807, 2.05) is 6.08 Å². The van der Waals surface area contributed by atoms with Crippen LogP contribution in [0.15, 0.2) is 12.7 Å². The topological polar surface area (TPSA) is 27.7 Å². The van der Waals surface area contributed by atoms with E-state index in [-0.39, 0.29) is 20.7 Å². The van der Waals surface area contributed by atoms with Gasteiger partial charge in [0.25, 0.3) is 0 Å². The Kier molecular flexibility index (Phi) is 14.3. The molecule has 0 aliphatic carbocycles. The van der Waals surface area contributed by atoms with Crippen molar-refractivity contribution in [2.24, 2.45) is 0 Å². The molecule has 0 radical (unpaired) electrons. The first-order valence-electron chi connectivity index (χ1n) is 11.4. The van der Waals surface area contributed by atoms with E-state index in [1.165, 1.54) is 12.0 Å². The number of rotatable bonds is 18. The van der Waals surface area contributed by atoms with E-state index in [4.69, 9.17) is 12.5 Å². The molecule has 0 N–H and O–H groups in total. The van der Waals surface area contributed by atoms with E-state index in [0.29, 0.717) is 0 Å². The molecule has 0 aromatic rings. The first-order valence-corrected chi connectivity index (χ1v) is 13.3. The van der Waals surface area contributed by atoms with Gasteiger partial charge < -0.3 is 12.5 Å². The molecule has 0 aliphatic rings. The summed E-state index contributed by atoms with van der Waals surface area (Å²) in [7, 11) is 0. The molecule has 0 bridgehead atoms. The van der Waals surface area contributed by atoms with Crippen molar-refractivity contribution in [2.45, 2.75) is 127 Å². The zero-order valence-corrected chi connectivity index (χ0v) is 22.7. The van der Waals surface area contributed by atoms with Crippen molar-refractivity contribution in [3.05, 3.63) is 12.7 Å². The Morgan fingerprint density at radius 3 is 1.59 bits per heavy atom. The van der Waals surface area contributed by atoms with Crippen molar-refractivity contribution in [1.82, 2.24) is 0 Å². The predicted octanol–water partition coefficient (Wildman–Crippen LogP) is 8.60. The second-order valence-corrected chi connectivity index (χ2v) is 10.1. The summed E-state index contributed by atoms with van der Waals surface area (Å²) in [5.74, 6) is 0. The third-order valence-corrected chi connectivity index (χ3v) is 10.3. The van der Waals surface area contributed by atoms with Crippen LogP contribution in [0.2, 0.25) is 0 Å². The summed E-state index contributed by atoms with van der Waals surface area (Å²) in [6, 6.07) is 0. The van der Waals surface area contributed by atoms with Gasteiger partial charge in [-0.1, -0.05) is 61.5 Å². The normalized spacial score (nSPS) is 15.3. The largest absolute Gasteiger partial charge is 0.314 e. The highest BCUT2D eigenvalue weighted by Gasteiger charge is 2.54. The molecule has 0 aromatic heterocycles. The molecule has 0 spiro atoms. The van der Waals surface area contributed by atoms with E-state index in [9.17, 15) is 0 Å². The molecular weight excluding hydrogens is 420 g/mol. The average molecular weight is 467 g/mol. The first kappa shape index (κ1) is 29.7. The molecule has 0 rings (SSSR count). The zero-order valence-electron chi connectivity index (χ0n) is 20.1. The summed E-state index contributed by atoms with van der Waals surface area (Å²) in [4.78, 5) is 0. The minimum absolute atomic E-state index is 0.177. The Morgan fingerprint density at radius 2 is 1.28 bits per heavy atom. The van der Waals surface area contributed by atoms with Crippen molar-refractivity contribution in [3.8, 4) is 0 Å². The Hall–Kier alpha value is 0.670. The second-order valence-electron chi connectivity index (χ2n) is 7.71. The van der Waals surface area contributed by atoms with E-state index in [2.05, 4.69) is 74.9 Å². The van der Waals surface area contributed by atoms with Gasteiger partial charge in [0.15, 0.2) is 0 Å². The van der Waals surface area contributed by atoms with Crippen LogP contribution in [0.1, 0.15) is 107 Å². The summed E-state index contributed by atoms with van der Waals surface area (Å²) in [6.07, 6.45) is 9.39. The monoisotopic (exact) mass is 466 g/mol. The van der Waals surface area contributed by atoms with Gasteiger partial charge in [0.2, 0.25) is 0 Å². The molecule has 1 unspecified atom stereocenters. The molecule has 3 nitrogen and oxygen atoms in total. The van der Waals surface area contributed by atoms with Gasteiger partial charge in [-0.15, -0.1) is 6.58 Å². The van der Waals surface area contributed by atoms with Crippen LogP contribution in [0.25, 0.3) is 0 Å². The minimum Gasteiger partial charge on any atom is -0.314 e. The number of hydrogen-bond acceptors (Lipinski definition) is 6. The van der Waals surface area contributed by atoms with Crippen LogP contribution < -0.4 is 0 Å². The van der Waals surface area contributed by atoms with Crippen molar-refractivity contribution in [3.63, 3.8) is 0 Å². The number of thiol groups is 1. The highest BCUT2D eigenvalue weighted by molar-refractivity contribution is 7.97. The van der Waals surface area contributed by atoms with Crippen LogP contribution in [0.4, 0.5) is 0 Å². The fourth-order valence-corrected chi connectivity index (χ4v) is 7.54. The molecule has 0 heterocycles. The second kappa shape index (κ2) is 13.9. The molecule has 0 saturated heterocycles. The smallest absolute Gasteiger partial charge is 0.103 e. The van der Waals surface area contributed by atoms with Gasteiger partial charge in [0.05, 0.1) is 21.7 Å². The van der Waals surface area contributed by atoms with Crippen LogP contribution in [0, 0.1) is 0 Å². The Bertz CT molecular complexity index is 438. The van der Waals surface area contributed by atoms with Crippen LogP contribution in [-0.4, -0.2) is 27.3 Å². The summed E-state index contributed by atoms with van der Waals surface area (Å²) in [5.41, 5.74) is -0.724. The van der Waals surface area contributed by atoms with Crippen molar-refractivity contribution < 1.29 is 12.5 Å². The molecule has 29 heavy (non-hydrogen) atoms. The lowest BCUT2D eigenvalue weighted by Gasteiger charge is -2.51. The molecule has 0 aromatic carbocycles. The molecule has 6 heteroatoms.